The first kappa shape index (κ1) is 21.9. The normalized spacial score (nSPS) is 13.8. The van der Waals surface area contributed by atoms with Gasteiger partial charge in [-0.3, -0.25) is 10.1 Å². The van der Waals surface area contributed by atoms with E-state index in [9.17, 15) is 19.7 Å². The first-order valence-electron chi connectivity index (χ1n) is 9.77. The van der Waals surface area contributed by atoms with Crippen LogP contribution in [0.15, 0.2) is 24.5 Å². The molecule has 0 amide bonds. The lowest BCUT2D eigenvalue weighted by molar-refractivity contribution is -0.383. The molecule has 11 heteroatoms. The molecule has 164 valence electrons. The van der Waals surface area contributed by atoms with Crippen molar-refractivity contribution in [2.24, 2.45) is 0 Å². The predicted octanol–water partition coefficient (Wildman–Crippen LogP) is 3.08. The fourth-order valence-electron chi connectivity index (χ4n) is 3.45. The third-order valence-corrected chi connectivity index (χ3v) is 4.93. The van der Waals surface area contributed by atoms with Gasteiger partial charge in [0.25, 0.3) is 0 Å². The number of aromatic nitrogens is 2. The Kier molecular flexibility index (Phi) is 6.96. The molecule has 11 nitrogen and oxygen atoms in total. The number of benzene rings is 1. The van der Waals surface area contributed by atoms with Crippen LogP contribution in [0.2, 0.25) is 0 Å². The van der Waals surface area contributed by atoms with Crippen molar-refractivity contribution < 1.29 is 24.0 Å². The molecule has 0 bridgehead atoms. The first-order valence-corrected chi connectivity index (χ1v) is 9.77. The zero-order valence-corrected chi connectivity index (χ0v) is 17.3. The Morgan fingerprint density at radius 2 is 1.58 bits per heavy atom. The number of hydrogen-bond donors (Lipinski definition) is 1. The SMILES string of the molecule is COC(=O)c1cc(Nc2ncnc(N3CCCCCC3)c2[N+](=O)[O-])cc(C(=O)OC)c1. The minimum Gasteiger partial charge on any atom is -0.465 e. The molecule has 1 aliphatic rings. The summed E-state index contributed by atoms with van der Waals surface area (Å²) in [5.41, 5.74) is 0.133. The summed E-state index contributed by atoms with van der Waals surface area (Å²) in [6.45, 7) is 1.34. The molecular formula is C20H23N5O6. The van der Waals surface area contributed by atoms with Crippen LogP contribution >= 0.6 is 0 Å². The average Bonchev–Trinajstić information content (AvgIpc) is 3.07. The summed E-state index contributed by atoms with van der Waals surface area (Å²) in [4.78, 5) is 45.5. The Hall–Kier alpha value is -3.76. The van der Waals surface area contributed by atoms with Crippen molar-refractivity contribution >= 4 is 34.9 Å². The number of nitro groups is 1. The number of nitrogens with zero attached hydrogens (tertiary/aromatic N) is 4. The van der Waals surface area contributed by atoms with Crippen LogP contribution in [0.1, 0.15) is 46.4 Å². The summed E-state index contributed by atoms with van der Waals surface area (Å²) in [6, 6.07) is 4.14. The van der Waals surface area contributed by atoms with Crippen LogP contribution in [0.5, 0.6) is 0 Å². The number of rotatable bonds is 6. The monoisotopic (exact) mass is 429 g/mol. The Bertz CT molecular complexity index is 954. The molecule has 2 heterocycles. The minimum absolute atomic E-state index is 0.0444. The van der Waals surface area contributed by atoms with Crippen molar-refractivity contribution in [1.29, 1.82) is 0 Å². The quantitative estimate of drug-likeness (QED) is 0.414. The fraction of sp³-hybridized carbons (Fsp3) is 0.400. The van der Waals surface area contributed by atoms with E-state index in [0.717, 1.165) is 25.7 Å². The van der Waals surface area contributed by atoms with E-state index in [0.29, 0.717) is 13.1 Å². The van der Waals surface area contributed by atoms with Gasteiger partial charge in [0, 0.05) is 18.8 Å². The minimum atomic E-state index is -0.670. The van der Waals surface area contributed by atoms with Gasteiger partial charge in [-0.1, -0.05) is 12.8 Å². The van der Waals surface area contributed by atoms with E-state index in [4.69, 9.17) is 9.47 Å². The van der Waals surface area contributed by atoms with E-state index in [1.807, 2.05) is 4.90 Å². The van der Waals surface area contributed by atoms with E-state index >= 15 is 0 Å². The molecule has 3 rings (SSSR count). The summed E-state index contributed by atoms with van der Waals surface area (Å²) in [7, 11) is 2.42. The number of carbonyl (C=O) groups is 2. The van der Waals surface area contributed by atoms with Crippen LogP contribution in [0.4, 0.5) is 23.0 Å². The van der Waals surface area contributed by atoms with Gasteiger partial charge in [0.05, 0.1) is 30.3 Å². The maximum absolute atomic E-state index is 12.0. The first-order chi connectivity index (χ1) is 14.9. The van der Waals surface area contributed by atoms with Gasteiger partial charge >= 0.3 is 17.6 Å². The van der Waals surface area contributed by atoms with Crippen LogP contribution in [0, 0.1) is 10.1 Å². The number of esters is 2. The van der Waals surface area contributed by atoms with Gasteiger partial charge in [-0.15, -0.1) is 0 Å². The summed E-state index contributed by atoms with van der Waals surface area (Å²) in [5, 5.41) is 14.8. The standard InChI is InChI=1S/C20H23N5O6/c1-30-19(26)13-9-14(20(27)31-2)11-15(10-13)23-17-16(25(28)29)18(22-12-21-17)24-7-5-3-4-6-8-24/h9-12H,3-8H2,1-2H3,(H,21,22,23). The molecule has 0 atom stereocenters. The highest BCUT2D eigenvalue weighted by molar-refractivity contribution is 5.97. The molecule has 1 fully saturated rings. The summed E-state index contributed by atoms with van der Waals surface area (Å²) < 4.78 is 9.45. The van der Waals surface area contributed by atoms with Gasteiger partial charge in [0.2, 0.25) is 11.6 Å². The number of methoxy groups -OCH3 is 2. The molecule has 1 aromatic heterocycles. The molecule has 31 heavy (non-hydrogen) atoms. The van der Waals surface area contributed by atoms with Gasteiger partial charge in [0.15, 0.2) is 0 Å². The molecule has 0 saturated carbocycles. The predicted molar refractivity (Wildman–Crippen MR) is 112 cm³/mol. The van der Waals surface area contributed by atoms with E-state index in [1.165, 1.54) is 38.7 Å². The lowest BCUT2D eigenvalue weighted by Crippen LogP contribution is -2.26. The van der Waals surface area contributed by atoms with E-state index in [-0.39, 0.29) is 34.1 Å². The molecule has 1 saturated heterocycles. The largest absolute Gasteiger partial charge is 0.465 e. The van der Waals surface area contributed by atoms with E-state index < -0.39 is 16.9 Å². The van der Waals surface area contributed by atoms with Gasteiger partial charge < -0.3 is 19.7 Å². The summed E-state index contributed by atoms with van der Waals surface area (Å²) in [6.07, 6.45) is 5.23. The highest BCUT2D eigenvalue weighted by Crippen LogP contribution is 2.35. The molecular weight excluding hydrogens is 406 g/mol. The summed E-state index contributed by atoms with van der Waals surface area (Å²) in [5.74, 6) is -1.15. The Labute approximate surface area is 178 Å². The van der Waals surface area contributed by atoms with Crippen LogP contribution in [-0.2, 0) is 9.47 Å². The van der Waals surface area contributed by atoms with Gasteiger partial charge in [0.1, 0.15) is 6.33 Å². The number of hydrogen-bond acceptors (Lipinski definition) is 10. The molecule has 2 aromatic rings. The van der Waals surface area contributed by atoms with Crippen LogP contribution < -0.4 is 10.2 Å². The molecule has 1 aliphatic heterocycles. The van der Waals surface area contributed by atoms with Crippen molar-refractivity contribution in [3.05, 3.63) is 45.8 Å². The zero-order valence-electron chi connectivity index (χ0n) is 17.3. The second kappa shape index (κ2) is 9.83. The van der Waals surface area contributed by atoms with Gasteiger partial charge in [-0.2, -0.15) is 0 Å². The van der Waals surface area contributed by atoms with Crippen molar-refractivity contribution in [3.63, 3.8) is 0 Å². The smallest absolute Gasteiger partial charge is 0.353 e. The molecule has 0 spiro atoms. The topological polar surface area (TPSA) is 137 Å². The Morgan fingerprint density at radius 1 is 1.00 bits per heavy atom. The second-order valence-corrected chi connectivity index (χ2v) is 6.96. The average molecular weight is 429 g/mol. The van der Waals surface area contributed by atoms with E-state index in [1.54, 1.807) is 0 Å². The second-order valence-electron chi connectivity index (χ2n) is 6.96. The van der Waals surface area contributed by atoms with Crippen LogP contribution in [0.3, 0.4) is 0 Å². The van der Waals surface area contributed by atoms with Crippen molar-refractivity contribution in [2.75, 3.05) is 37.5 Å². The maximum atomic E-state index is 12.0. The van der Waals surface area contributed by atoms with Crippen LogP contribution in [0.25, 0.3) is 0 Å². The number of anilines is 3. The fourth-order valence-corrected chi connectivity index (χ4v) is 3.45. The van der Waals surface area contributed by atoms with Crippen molar-refractivity contribution in [1.82, 2.24) is 9.97 Å². The van der Waals surface area contributed by atoms with Gasteiger partial charge in [-0.05, 0) is 31.0 Å². The highest BCUT2D eigenvalue weighted by Gasteiger charge is 2.28. The number of ether oxygens (including phenoxy) is 2. The van der Waals surface area contributed by atoms with Crippen molar-refractivity contribution in [2.45, 2.75) is 25.7 Å². The Balaban J connectivity index is 2.03. The van der Waals surface area contributed by atoms with E-state index in [2.05, 4.69) is 15.3 Å². The van der Waals surface area contributed by atoms with Crippen molar-refractivity contribution in [3.8, 4) is 0 Å². The Morgan fingerprint density at radius 3 is 2.10 bits per heavy atom. The summed E-state index contributed by atoms with van der Waals surface area (Å²) >= 11 is 0. The lowest BCUT2D eigenvalue weighted by Gasteiger charge is -2.21. The highest BCUT2D eigenvalue weighted by atomic mass is 16.6. The zero-order chi connectivity index (χ0) is 22.4. The molecule has 1 N–H and O–H groups in total. The number of nitrogens with one attached hydrogen (secondary N) is 1. The third kappa shape index (κ3) is 5.05. The molecule has 0 aliphatic carbocycles. The molecule has 0 unspecified atom stereocenters. The lowest BCUT2D eigenvalue weighted by atomic mass is 10.1. The number of carbonyl (C=O) groups excluding carboxylic acids is 2. The van der Waals surface area contributed by atoms with Crippen LogP contribution in [-0.4, -0.2) is 54.1 Å². The van der Waals surface area contributed by atoms with Gasteiger partial charge in [-0.25, -0.2) is 19.6 Å². The maximum Gasteiger partial charge on any atom is 0.353 e. The third-order valence-electron chi connectivity index (χ3n) is 4.93. The molecule has 0 radical (unpaired) electrons. The molecule has 1 aromatic carbocycles.